The van der Waals surface area contributed by atoms with Gasteiger partial charge in [-0.2, -0.15) is 4.98 Å². The van der Waals surface area contributed by atoms with Crippen molar-refractivity contribution in [2.75, 3.05) is 17.2 Å². The van der Waals surface area contributed by atoms with Crippen LogP contribution >= 0.6 is 11.6 Å². The summed E-state index contributed by atoms with van der Waals surface area (Å²) in [6, 6.07) is 11.3. The molecule has 0 bridgehead atoms. The van der Waals surface area contributed by atoms with Crippen LogP contribution in [0.5, 0.6) is 0 Å². The minimum Gasteiger partial charge on any atom is -0.394 e. The zero-order valence-corrected chi connectivity index (χ0v) is 16.3. The van der Waals surface area contributed by atoms with Gasteiger partial charge in [0, 0.05) is 12.3 Å². The highest BCUT2D eigenvalue weighted by Gasteiger charge is 2.16. The lowest BCUT2D eigenvalue weighted by molar-refractivity contribution is 0.248. The van der Waals surface area contributed by atoms with Crippen LogP contribution in [0.4, 0.5) is 21.8 Å². The van der Waals surface area contributed by atoms with Crippen molar-refractivity contribution in [2.24, 2.45) is 5.92 Å². The van der Waals surface area contributed by atoms with Gasteiger partial charge in [0.1, 0.15) is 11.6 Å². The van der Waals surface area contributed by atoms with E-state index in [4.69, 9.17) is 11.6 Å². The fourth-order valence-corrected chi connectivity index (χ4v) is 2.77. The predicted molar refractivity (Wildman–Crippen MR) is 109 cm³/mol. The summed E-state index contributed by atoms with van der Waals surface area (Å²) >= 11 is 6.12. The number of hydrogen-bond donors (Lipinski definition) is 3. The molecule has 0 unspecified atom stereocenters. The van der Waals surface area contributed by atoms with E-state index in [1.54, 1.807) is 18.3 Å². The highest BCUT2D eigenvalue weighted by molar-refractivity contribution is 6.33. The second kappa shape index (κ2) is 8.95. The van der Waals surface area contributed by atoms with Crippen LogP contribution in [0.15, 0.2) is 48.7 Å². The Labute approximate surface area is 167 Å². The number of hydrogen-bond acceptors (Lipinski definition) is 6. The molecular formula is C20H21ClFN5O. The van der Waals surface area contributed by atoms with Crippen molar-refractivity contribution in [1.29, 1.82) is 0 Å². The molecule has 0 spiro atoms. The van der Waals surface area contributed by atoms with Crippen molar-refractivity contribution in [3.63, 3.8) is 0 Å². The molecule has 0 fully saturated rings. The Morgan fingerprint density at radius 3 is 2.57 bits per heavy atom. The van der Waals surface area contributed by atoms with E-state index in [0.717, 1.165) is 0 Å². The van der Waals surface area contributed by atoms with Crippen LogP contribution in [0.2, 0.25) is 5.02 Å². The Balaban J connectivity index is 2.02. The normalized spacial score (nSPS) is 12.1. The largest absolute Gasteiger partial charge is 0.394 e. The van der Waals surface area contributed by atoms with E-state index in [-0.39, 0.29) is 29.3 Å². The number of anilines is 3. The molecule has 0 amide bonds. The fourth-order valence-electron chi connectivity index (χ4n) is 2.56. The van der Waals surface area contributed by atoms with Crippen LogP contribution in [-0.2, 0) is 0 Å². The number of nitrogens with one attached hydrogen (secondary N) is 2. The van der Waals surface area contributed by atoms with Crippen LogP contribution in [0, 0.1) is 11.7 Å². The lowest BCUT2D eigenvalue weighted by Crippen LogP contribution is -2.30. The Kier molecular flexibility index (Phi) is 6.38. The van der Waals surface area contributed by atoms with Gasteiger partial charge in [-0.1, -0.05) is 37.6 Å². The fraction of sp³-hybridized carbons (Fsp3) is 0.250. The number of rotatable bonds is 7. The molecule has 3 aromatic rings. The number of aliphatic hydroxyl groups is 1. The average Bonchev–Trinajstić information content (AvgIpc) is 2.69. The molecular weight excluding hydrogens is 381 g/mol. The van der Waals surface area contributed by atoms with Gasteiger partial charge in [0.05, 0.1) is 34.7 Å². The van der Waals surface area contributed by atoms with Gasteiger partial charge in [-0.15, -0.1) is 0 Å². The quantitative estimate of drug-likeness (QED) is 0.540. The van der Waals surface area contributed by atoms with Crippen molar-refractivity contribution < 1.29 is 9.50 Å². The molecule has 8 heteroatoms. The molecule has 3 rings (SSSR count). The summed E-state index contributed by atoms with van der Waals surface area (Å²) in [5.41, 5.74) is 1.32. The molecule has 0 aliphatic carbocycles. The van der Waals surface area contributed by atoms with Gasteiger partial charge in [0.15, 0.2) is 0 Å². The van der Waals surface area contributed by atoms with Crippen molar-refractivity contribution in [2.45, 2.75) is 19.9 Å². The van der Waals surface area contributed by atoms with Crippen LogP contribution in [0.25, 0.3) is 11.4 Å². The molecule has 0 saturated carbocycles. The molecule has 1 aromatic carbocycles. The molecule has 2 aromatic heterocycles. The Morgan fingerprint density at radius 2 is 1.93 bits per heavy atom. The number of pyridine rings is 1. The summed E-state index contributed by atoms with van der Waals surface area (Å²) in [4.78, 5) is 13.2. The van der Waals surface area contributed by atoms with E-state index < -0.39 is 5.82 Å². The Morgan fingerprint density at radius 1 is 1.11 bits per heavy atom. The molecule has 1 atom stereocenters. The third-order valence-corrected chi connectivity index (χ3v) is 4.50. The van der Waals surface area contributed by atoms with E-state index in [0.29, 0.717) is 23.2 Å². The maximum Gasteiger partial charge on any atom is 0.225 e. The van der Waals surface area contributed by atoms with Gasteiger partial charge in [-0.25, -0.2) is 9.37 Å². The number of nitrogens with zero attached hydrogens (tertiary/aromatic N) is 3. The third kappa shape index (κ3) is 4.74. The lowest BCUT2D eigenvalue weighted by Gasteiger charge is -2.20. The lowest BCUT2D eigenvalue weighted by atomic mass is 10.1. The molecule has 2 heterocycles. The minimum absolute atomic E-state index is 0.0727. The summed E-state index contributed by atoms with van der Waals surface area (Å²) in [7, 11) is 0. The number of halogens is 2. The SMILES string of the molecule is CC(C)[C@@H](CO)Nc1nc(Nc2c(F)cccc2Cl)cc(-c2ccccn2)n1. The summed E-state index contributed by atoms with van der Waals surface area (Å²) in [5.74, 6) is 0.316. The third-order valence-electron chi connectivity index (χ3n) is 4.19. The number of aromatic nitrogens is 3. The molecule has 3 N–H and O–H groups in total. The predicted octanol–water partition coefficient (Wildman–Crippen LogP) is 4.50. The first-order valence-electron chi connectivity index (χ1n) is 8.87. The minimum atomic E-state index is -0.490. The second-order valence-electron chi connectivity index (χ2n) is 6.58. The van der Waals surface area contributed by atoms with E-state index >= 15 is 0 Å². The standard InChI is InChI=1S/C20H21ClFN5O/c1-12(2)17(11-28)25-20-24-16(15-8-3-4-9-23-15)10-18(27-20)26-19-13(21)6-5-7-14(19)22/h3-10,12,17,28H,11H2,1-2H3,(H2,24,25,26,27)/t17-/m1/s1. The van der Waals surface area contributed by atoms with Crippen LogP contribution < -0.4 is 10.6 Å². The van der Waals surface area contributed by atoms with Gasteiger partial charge in [-0.3, -0.25) is 4.98 Å². The zero-order valence-electron chi connectivity index (χ0n) is 15.5. The second-order valence-corrected chi connectivity index (χ2v) is 6.98. The van der Waals surface area contributed by atoms with E-state index in [2.05, 4.69) is 25.6 Å². The monoisotopic (exact) mass is 401 g/mol. The Bertz CT molecular complexity index is 919. The zero-order chi connectivity index (χ0) is 20.1. The maximum absolute atomic E-state index is 14.2. The summed E-state index contributed by atoms with van der Waals surface area (Å²) < 4.78 is 14.2. The molecule has 146 valence electrons. The molecule has 6 nitrogen and oxygen atoms in total. The molecule has 0 radical (unpaired) electrons. The van der Waals surface area contributed by atoms with Gasteiger partial charge in [-0.05, 0) is 30.2 Å². The van der Waals surface area contributed by atoms with E-state index in [1.165, 1.54) is 12.1 Å². The van der Waals surface area contributed by atoms with Crippen LogP contribution in [0.1, 0.15) is 13.8 Å². The summed E-state index contributed by atoms with van der Waals surface area (Å²) in [6.07, 6.45) is 1.66. The molecule has 28 heavy (non-hydrogen) atoms. The van der Waals surface area contributed by atoms with Crippen molar-refractivity contribution in [1.82, 2.24) is 15.0 Å². The van der Waals surface area contributed by atoms with Crippen molar-refractivity contribution in [3.05, 3.63) is 59.5 Å². The van der Waals surface area contributed by atoms with Gasteiger partial charge in [0.25, 0.3) is 0 Å². The van der Waals surface area contributed by atoms with Crippen LogP contribution in [-0.4, -0.2) is 32.7 Å². The number of benzene rings is 1. The molecule has 0 aliphatic rings. The summed E-state index contributed by atoms with van der Waals surface area (Å²) in [5, 5.41) is 15.9. The molecule has 0 saturated heterocycles. The topological polar surface area (TPSA) is 83.0 Å². The average molecular weight is 402 g/mol. The van der Waals surface area contributed by atoms with Crippen LogP contribution in [0.3, 0.4) is 0 Å². The highest BCUT2D eigenvalue weighted by atomic mass is 35.5. The Hall–Kier alpha value is -2.77. The first kappa shape index (κ1) is 20.0. The van der Waals surface area contributed by atoms with E-state index in [1.807, 2.05) is 32.0 Å². The first-order chi connectivity index (χ1) is 13.5. The highest BCUT2D eigenvalue weighted by Crippen LogP contribution is 2.29. The van der Waals surface area contributed by atoms with Gasteiger partial charge >= 0.3 is 0 Å². The maximum atomic E-state index is 14.2. The molecule has 0 aliphatic heterocycles. The van der Waals surface area contributed by atoms with Gasteiger partial charge in [0.2, 0.25) is 5.95 Å². The number of para-hydroxylation sites is 1. The van der Waals surface area contributed by atoms with Gasteiger partial charge < -0.3 is 15.7 Å². The number of aliphatic hydroxyl groups excluding tert-OH is 1. The van der Waals surface area contributed by atoms with E-state index in [9.17, 15) is 9.50 Å². The first-order valence-corrected chi connectivity index (χ1v) is 9.24. The van der Waals surface area contributed by atoms with Crippen molar-refractivity contribution >= 4 is 29.1 Å². The smallest absolute Gasteiger partial charge is 0.225 e. The summed E-state index contributed by atoms with van der Waals surface area (Å²) in [6.45, 7) is 3.89. The van der Waals surface area contributed by atoms with Crippen molar-refractivity contribution in [3.8, 4) is 11.4 Å².